The minimum Gasteiger partial charge on any atom is -0.756 e. The normalized spacial score (nSPS) is 6.56. The summed E-state index contributed by atoms with van der Waals surface area (Å²) >= 11 is 0. The van der Waals surface area contributed by atoms with Crippen molar-refractivity contribution in [3.05, 3.63) is 0 Å². The second-order valence-electron chi connectivity index (χ2n) is 0.491. The number of phosphoric acid groups is 1. The Kier molecular flexibility index (Phi) is 42.9. The fraction of sp³-hybridized carbons (Fsp3) is 0. The second kappa shape index (κ2) is 12.6. The molecule has 9 heteroatoms. The number of rotatable bonds is 0. The number of halogens is 3. The van der Waals surface area contributed by atoms with Gasteiger partial charge in [-0.15, -0.1) is 37.2 Å². The van der Waals surface area contributed by atoms with Gasteiger partial charge in [-0.3, -0.25) is 4.57 Å². The van der Waals surface area contributed by atoms with Gasteiger partial charge in [0, 0.05) is 0 Å². The van der Waals surface area contributed by atoms with Gasteiger partial charge in [0.05, 0.1) is 0 Å². The van der Waals surface area contributed by atoms with E-state index in [1.807, 2.05) is 0 Å². The Labute approximate surface area is 93.2 Å². The van der Waals surface area contributed by atoms with Crippen LogP contribution in [0, 0.1) is 0 Å². The number of hydrogen-bond acceptors (Lipinski definition) is 2. The minimum absolute atomic E-state index is 0. The molecule has 0 radical (unpaired) electrons. The summed E-state index contributed by atoms with van der Waals surface area (Å²) in [5, 5.41) is 0. The molecule has 0 heterocycles. The van der Waals surface area contributed by atoms with Crippen LogP contribution in [0.5, 0.6) is 0 Å². The number of hydrogen-bond donors (Lipinski definition) is 2. The van der Waals surface area contributed by atoms with Gasteiger partial charge in [-0.2, -0.15) is 0 Å². The van der Waals surface area contributed by atoms with Crippen LogP contribution in [0.2, 0.25) is 0 Å². The molecule has 0 saturated carbocycles. The van der Waals surface area contributed by atoms with Crippen LogP contribution in [0.3, 0.4) is 0 Å². The monoisotopic (exact) mass is 228 g/mol. The summed E-state index contributed by atoms with van der Waals surface area (Å²) in [6.07, 6.45) is 0. The molecule has 2 N–H and O–H groups in total. The molecule has 0 aromatic carbocycles. The second-order valence-corrected chi connectivity index (χ2v) is 1.47. The van der Waals surface area contributed by atoms with Crippen LogP contribution >= 0.6 is 45.0 Å². The molecule has 0 spiro atoms. The van der Waals surface area contributed by atoms with Crippen molar-refractivity contribution < 1.29 is 48.8 Å². The van der Waals surface area contributed by atoms with E-state index in [-0.39, 0.29) is 66.8 Å². The molecular weight excluding hydrogens is 224 g/mol. The smallest absolute Gasteiger partial charge is 0.756 e. The third-order valence-corrected chi connectivity index (χ3v) is 0. The summed E-state index contributed by atoms with van der Waals surface area (Å²) in [4.78, 5) is 22.9. The third-order valence-electron chi connectivity index (χ3n) is 0. The Morgan fingerprint density at radius 1 is 1.11 bits per heavy atom. The van der Waals surface area contributed by atoms with Gasteiger partial charge in [0.2, 0.25) is 0 Å². The van der Waals surface area contributed by atoms with Crippen molar-refractivity contribution >= 4 is 45.0 Å². The summed E-state index contributed by atoms with van der Waals surface area (Å²) in [6.45, 7) is 0. The Bertz CT molecular complexity index is 61.9. The van der Waals surface area contributed by atoms with Crippen LogP contribution in [0.4, 0.5) is 0 Å². The van der Waals surface area contributed by atoms with Gasteiger partial charge < -0.3 is 14.7 Å². The van der Waals surface area contributed by atoms with E-state index in [0.717, 1.165) is 0 Å². The van der Waals surface area contributed by atoms with E-state index in [1.54, 1.807) is 0 Å². The Morgan fingerprint density at radius 2 is 1.11 bits per heavy atom. The summed E-state index contributed by atoms with van der Waals surface area (Å²) in [7, 11) is -4.89. The van der Waals surface area contributed by atoms with E-state index in [4.69, 9.17) is 19.2 Å². The molecule has 0 aromatic heterocycles. The molecule has 0 fully saturated rings. The maximum absolute atomic E-state index is 8.77. The summed E-state index contributed by atoms with van der Waals surface area (Å²) in [5.74, 6) is 0. The van der Waals surface area contributed by atoms with Gasteiger partial charge in [-0.1, -0.05) is 0 Å². The maximum atomic E-state index is 8.77. The molecule has 0 amide bonds. The van der Waals surface area contributed by atoms with Crippen LogP contribution in [0.25, 0.3) is 0 Å². The van der Waals surface area contributed by atoms with Crippen LogP contribution in [0.15, 0.2) is 0 Å². The summed E-state index contributed by atoms with van der Waals surface area (Å²) in [5.41, 5.74) is 0. The van der Waals surface area contributed by atoms with E-state index in [0.29, 0.717) is 0 Å². The standard InChI is InChI=1S/3ClH.Na.H3O4P/c;;;;1-5(2,3)4/h3*1H;;(H3,1,2,3,4)/q;;;+1;/p-1. The van der Waals surface area contributed by atoms with Crippen LogP contribution in [-0.4, -0.2) is 9.79 Å². The molecule has 0 aliphatic heterocycles. The van der Waals surface area contributed by atoms with Crippen LogP contribution < -0.4 is 34.5 Å². The minimum atomic E-state index is -4.89. The first-order valence-electron chi connectivity index (χ1n) is 0.765. The molecule has 0 aliphatic rings. The van der Waals surface area contributed by atoms with E-state index in [1.165, 1.54) is 0 Å². The molecule has 4 nitrogen and oxygen atoms in total. The van der Waals surface area contributed by atoms with Gasteiger partial charge in [0.1, 0.15) is 0 Å². The topological polar surface area (TPSA) is 80.6 Å². The largest absolute Gasteiger partial charge is 1.00 e. The van der Waals surface area contributed by atoms with Crippen molar-refractivity contribution in [2.45, 2.75) is 0 Å². The van der Waals surface area contributed by atoms with E-state index in [9.17, 15) is 0 Å². The summed E-state index contributed by atoms with van der Waals surface area (Å²) in [6, 6.07) is 0. The Hall–Kier alpha value is 1.98. The molecule has 0 unspecified atom stereocenters. The first-order valence-corrected chi connectivity index (χ1v) is 2.30. The van der Waals surface area contributed by atoms with Crippen molar-refractivity contribution in [3.8, 4) is 0 Å². The predicted octanol–water partition coefficient (Wildman–Crippen LogP) is -3.29. The SMILES string of the molecule is Cl.Cl.Cl.O=P([O-])(O)O.[Na+]. The molecule has 0 saturated heterocycles. The van der Waals surface area contributed by atoms with E-state index >= 15 is 0 Å². The first kappa shape index (κ1) is 30.6. The Balaban J connectivity index is -0.0000000133. The van der Waals surface area contributed by atoms with Crippen molar-refractivity contribution in [3.63, 3.8) is 0 Å². The molecule has 0 rings (SSSR count). The fourth-order valence-electron chi connectivity index (χ4n) is 0. The quantitative estimate of drug-likeness (QED) is 0.337. The first-order chi connectivity index (χ1) is 2.00. The maximum Gasteiger partial charge on any atom is 1.00 e. The van der Waals surface area contributed by atoms with E-state index in [2.05, 4.69) is 0 Å². The zero-order valence-corrected chi connectivity index (χ0v) is 9.73. The summed E-state index contributed by atoms with van der Waals surface area (Å²) < 4.78 is 8.77. The third kappa shape index (κ3) is 162. The van der Waals surface area contributed by atoms with Crippen molar-refractivity contribution in [1.82, 2.24) is 0 Å². The predicted molar refractivity (Wildman–Crippen MR) is 33.8 cm³/mol. The van der Waals surface area contributed by atoms with Crippen molar-refractivity contribution in [2.75, 3.05) is 0 Å². The zero-order valence-electron chi connectivity index (χ0n) is 4.38. The van der Waals surface area contributed by atoms with Crippen molar-refractivity contribution in [1.29, 1.82) is 0 Å². The van der Waals surface area contributed by atoms with Gasteiger partial charge in [0.15, 0.2) is 0 Å². The van der Waals surface area contributed by atoms with Gasteiger partial charge in [-0.25, -0.2) is 0 Å². The Morgan fingerprint density at radius 3 is 1.11 bits per heavy atom. The molecule has 9 heavy (non-hydrogen) atoms. The van der Waals surface area contributed by atoms with Gasteiger partial charge in [0.25, 0.3) is 7.82 Å². The molecule has 0 atom stereocenters. The fourth-order valence-corrected chi connectivity index (χ4v) is 0. The average Bonchev–Trinajstić information content (AvgIpc) is 0.722. The van der Waals surface area contributed by atoms with Crippen molar-refractivity contribution in [2.24, 2.45) is 0 Å². The van der Waals surface area contributed by atoms with Crippen LogP contribution in [0.1, 0.15) is 0 Å². The molecule has 0 bridgehead atoms. The molecule has 56 valence electrons. The van der Waals surface area contributed by atoms with E-state index < -0.39 is 7.82 Å². The van der Waals surface area contributed by atoms with Gasteiger partial charge in [-0.05, 0) is 0 Å². The average molecular weight is 229 g/mol. The molecular formula is H5Cl3NaO4P. The zero-order chi connectivity index (χ0) is 4.50. The molecule has 0 aromatic rings. The van der Waals surface area contributed by atoms with Crippen LogP contribution in [-0.2, 0) is 4.57 Å². The molecule has 0 aliphatic carbocycles. The van der Waals surface area contributed by atoms with Gasteiger partial charge >= 0.3 is 29.6 Å².